The number of ether oxygens (including phenoxy) is 2. The van der Waals surface area contributed by atoms with E-state index in [1.807, 2.05) is 43.3 Å². The van der Waals surface area contributed by atoms with Crippen LogP contribution in [0, 0.1) is 0 Å². The Morgan fingerprint density at radius 3 is 2.36 bits per heavy atom. The van der Waals surface area contributed by atoms with Crippen molar-refractivity contribution in [2.75, 3.05) is 14.2 Å². The molecule has 1 heterocycles. The maximum Gasteiger partial charge on any atom is 0.364 e. The van der Waals surface area contributed by atoms with Gasteiger partial charge in [-0.1, -0.05) is 6.07 Å². The average molecular weight is 360 g/mol. The molecule has 0 spiro atoms. The molecule has 0 aliphatic heterocycles. The predicted octanol–water partition coefficient (Wildman–Crippen LogP) is 5.42. The summed E-state index contributed by atoms with van der Waals surface area (Å²) in [6.45, 7) is 1.93. The number of phenolic OH excluding ortho intramolecular Hbond substituents is 1. The Morgan fingerprint density at radius 2 is 1.64 bits per heavy atom. The van der Waals surface area contributed by atoms with Gasteiger partial charge < -0.3 is 14.6 Å². The van der Waals surface area contributed by atoms with E-state index in [0.717, 1.165) is 22.3 Å². The third-order valence-electron chi connectivity index (χ3n) is 3.88. The molecule has 0 fully saturated rings. The lowest BCUT2D eigenvalue weighted by Gasteiger charge is -2.06. The Morgan fingerprint density at radius 1 is 0.960 bits per heavy atom. The number of rotatable bonds is 4. The zero-order chi connectivity index (χ0) is 17.1. The Hall–Kier alpha value is -2.72. The van der Waals surface area contributed by atoms with Crippen LogP contribution in [-0.2, 0) is 0 Å². The Labute approximate surface area is 152 Å². The van der Waals surface area contributed by atoms with E-state index in [1.54, 1.807) is 32.4 Å². The zero-order valence-electron chi connectivity index (χ0n) is 14.3. The van der Waals surface area contributed by atoms with Gasteiger partial charge in [0.1, 0.15) is 22.6 Å². The first-order valence-corrected chi connectivity index (χ1v) is 7.58. The van der Waals surface area contributed by atoms with Gasteiger partial charge in [0.2, 0.25) is 0 Å². The first-order chi connectivity index (χ1) is 11.6. The lowest BCUT2D eigenvalue weighted by molar-refractivity contribution is 0.406. The van der Waals surface area contributed by atoms with Crippen LogP contribution in [0.2, 0.25) is 0 Å². The Bertz CT molecular complexity index is 919. The van der Waals surface area contributed by atoms with E-state index >= 15 is 0 Å². The molecule has 0 saturated heterocycles. The molecular formula is C20H20ClO4+. The number of halogens is 1. The van der Waals surface area contributed by atoms with Gasteiger partial charge in [0.05, 0.1) is 25.4 Å². The van der Waals surface area contributed by atoms with Crippen molar-refractivity contribution in [1.29, 1.82) is 0 Å². The average Bonchev–Trinajstić information content (AvgIpc) is 2.62. The van der Waals surface area contributed by atoms with E-state index in [1.165, 1.54) is 0 Å². The molecule has 1 N–H and O–H groups in total. The van der Waals surface area contributed by atoms with Crippen LogP contribution < -0.4 is 9.47 Å². The highest BCUT2D eigenvalue weighted by Crippen LogP contribution is 2.33. The minimum Gasteiger partial charge on any atom is -0.507 e. The van der Waals surface area contributed by atoms with Crippen molar-refractivity contribution in [1.82, 2.24) is 0 Å². The van der Waals surface area contributed by atoms with Gasteiger partial charge in [0.25, 0.3) is 0 Å². The van der Waals surface area contributed by atoms with E-state index in [-0.39, 0.29) is 18.2 Å². The smallest absolute Gasteiger partial charge is 0.364 e. The first-order valence-electron chi connectivity index (χ1n) is 7.58. The monoisotopic (exact) mass is 359 g/mol. The van der Waals surface area contributed by atoms with Crippen LogP contribution in [0.4, 0.5) is 0 Å². The van der Waals surface area contributed by atoms with Gasteiger partial charge in [0.15, 0.2) is 0 Å². The first kappa shape index (κ1) is 18.6. The molecule has 3 aromatic rings. The van der Waals surface area contributed by atoms with Crippen molar-refractivity contribution in [3.63, 3.8) is 0 Å². The molecule has 0 amide bonds. The van der Waals surface area contributed by atoms with Crippen molar-refractivity contribution >= 4 is 35.0 Å². The normalized spacial score (nSPS) is 11.1. The molecule has 3 rings (SSSR count). The molecule has 130 valence electrons. The standard InChI is InChI=1S/C20H18O4.ClH/c1-13(12-15-16(21)6-4-7-19(15)23-3)17-11-10-14-18(22-2)8-5-9-20(14)24-17;/h4-12H,1-3H3;1H/p+1/b13-12-;. The van der Waals surface area contributed by atoms with E-state index in [9.17, 15) is 5.11 Å². The molecular weight excluding hydrogens is 340 g/mol. The highest BCUT2D eigenvalue weighted by molar-refractivity contribution is 5.87. The molecule has 2 aromatic carbocycles. The number of allylic oxidation sites excluding steroid dienone is 1. The van der Waals surface area contributed by atoms with Crippen LogP contribution >= 0.6 is 12.4 Å². The second kappa shape index (κ2) is 7.90. The second-order valence-electron chi connectivity index (χ2n) is 5.39. The van der Waals surface area contributed by atoms with Crippen molar-refractivity contribution in [3.8, 4) is 17.2 Å². The number of fused-ring (bicyclic) bond motifs is 1. The van der Waals surface area contributed by atoms with Gasteiger partial charge in [0, 0.05) is 12.1 Å². The summed E-state index contributed by atoms with van der Waals surface area (Å²) in [6.07, 6.45) is 1.85. The van der Waals surface area contributed by atoms with Crippen LogP contribution in [0.3, 0.4) is 0 Å². The number of methoxy groups -OCH3 is 2. The summed E-state index contributed by atoms with van der Waals surface area (Å²) in [7, 11) is 3.21. The molecule has 4 nitrogen and oxygen atoms in total. The van der Waals surface area contributed by atoms with Crippen LogP contribution in [0.25, 0.3) is 22.6 Å². The van der Waals surface area contributed by atoms with E-state index < -0.39 is 0 Å². The molecule has 0 aliphatic carbocycles. The van der Waals surface area contributed by atoms with Gasteiger partial charge in [-0.25, -0.2) is 4.42 Å². The van der Waals surface area contributed by atoms with Crippen LogP contribution in [0.1, 0.15) is 18.2 Å². The van der Waals surface area contributed by atoms with E-state index in [2.05, 4.69) is 0 Å². The molecule has 0 aliphatic rings. The van der Waals surface area contributed by atoms with Crippen LogP contribution in [0.15, 0.2) is 52.9 Å². The minimum absolute atomic E-state index is 0. The van der Waals surface area contributed by atoms with Gasteiger partial charge >= 0.3 is 11.3 Å². The lowest BCUT2D eigenvalue weighted by atomic mass is 10.1. The molecule has 0 unspecified atom stereocenters. The Kier molecular flexibility index (Phi) is 5.88. The summed E-state index contributed by atoms with van der Waals surface area (Å²) in [5, 5.41) is 11.0. The third-order valence-corrected chi connectivity index (χ3v) is 3.88. The van der Waals surface area contributed by atoms with Gasteiger partial charge in [-0.15, -0.1) is 12.4 Å². The summed E-state index contributed by atoms with van der Waals surface area (Å²) < 4.78 is 16.6. The maximum absolute atomic E-state index is 10.1. The van der Waals surface area contributed by atoms with Crippen LogP contribution in [-0.4, -0.2) is 19.3 Å². The van der Waals surface area contributed by atoms with Crippen molar-refractivity contribution in [3.05, 3.63) is 59.9 Å². The SMILES string of the molecule is COc1cccc(O)c1/C=C(/C)c1ccc2c(OC)cccc2[o+]1.Cl. The quantitative estimate of drug-likeness (QED) is 0.632. The molecule has 0 radical (unpaired) electrons. The molecule has 1 aromatic heterocycles. The summed E-state index contributed by atoms with van der Waals surface area (Å²) in [6, 6.07) is 14.7. The summed E-state index contributed by atoms with van der Waals surface area (Å²) in [5.74, 6) is 2.25. The largest absolute Gasteiger partial charge is 0.507 e. The number of aromatic hydroxyl groups is 1. The molecule has 25 heavy (non-hydrogen) atoms. The fourth-order valence-electron chi connectivity index (χ4n) is 2.62. The Balaban J connectivity index is 0.00000225. The van der Waals surface area contributed by atoms with Crippen molar-refractivity contribution in [2.24, 2.45) is 0 Å². The highest BCUT2D eigenvalue weighted by atomic mass is 35.5. The number of hydrogen-bond donors (Lipinski definition) is 1. The number of benzene rings is 2. The van der Waals surface area contributed by atoms with Gasteiger partial charge in [-0.2, -0.15) is 0 Å². The fourth-order valence-corrected chi connectivity index (χ4v) is 2.62. The topological polar surface area (TPSA) is 50.0 Å². The maximum atomic E-state index is 10.1. The number of hydrogen-bond acceptors (Lipinski definition) is 3. The zero-order valence-corrected chi connectivity index (χ0v) is 15.1. The van der Waals surface area contributed by atoms with E-state index in [4.69, 9.17) is 13.9 Å². The number of phenols is 1. The summed E-state index contributed by atoms with van der Waals surface area (Å²) in [4.78, 5) is 0. The van der Waals surface area contributed by atoms with Crippen molar-refractivity contribution in [2.45, 2.75) is 6.92 Å². The summed E-state index contributed by atoms with van der Waals surface area (Å²) >= 11 is 0. The van der Waals surface area contributed by atoms with Gasteiger partial charge in [-0.05, 0) is 43.3 Å². The highest BCUT2D eigenvalue weighted by Gasteiger charge is 2.17. The molecule has 0 saturated carbocycles. The minimum atomic E-state index is 0. The molecule has 5 heteroatoms. The van der Waals surface area contributed by atoms with Gasteiger partial charge in [-0.3, -0.25) is 0 Å². The molecule has 0 bridgehead atoms. The molecule has 0 atom stereocenters. The second-order valence-corrected chi connectivity index (χ2v) is 5.39. The van der Waals surface area contributed by atoms with E-state index in [0.29, 0.717) is 17.1 Å². The lowest BCUT2D eigenvalue weighted by Crippen LogP contribution is -1.89. The van der Waals surface area contributed by atoms with Crippen molar-refractivity contribution < 1.29 is 19.0 Å². The third kappa shape index (κ3) is 3.69. The predicted molar refractivity (Wildman–Crippen MR) is 103 cm³/mol. The van der Waals surface area contributed by atoms with Crippen LogP contribution in [0.5, 0.6) is 17.2 Å². The summed E-state index contributed by atoms with van der Waals surface area (Å²) in [5.41, 5.74) is 2.24. The fraction of sp³-hybridized carbons (Fsp3) is 0.150.